The zero-order valence-electron chi connectivity index (χ0n) is 9.33. The van der Waals surface area contributed by atoms with Crippen LogP contribution in [-0.2, 0) is 0 Å². The van der Waals surface area contributed by atoms with Crippen molar-refractivity contribution in [2.75, 3.05) is 0 Å². The Labute approximate surface area is 90.7 Å². The molecule has 1 saturated carbocycles. The summed E-state index contributed by atoms with van der Waals surface area (Å²) in [4.78, 5) is 0. The van der Waals surface area contributed by atoms with Crippen molar-refractivity contribution in [2.45, 2.75) is 44.7 Å². The lowest BCUT2D eigenvalue weighted by atomic mass is 9.75. The van der Waals surface area contributed by atoms with Crippen LogP contribution in [0.3, 0.4) is 0 Å². The summed E-state index contributed by atoms with van der Waals surface area (Å²) in [5.74, 6) is 0.483. The van der Waals surface area contributed by atoms with Gasteiger partial charge in [0, 0.05) is 12.1 Å². The summed E-state index contributed by atoms with van der Waals surface area (Å²) >= 11 is 0. The Hall–Kier alpha value is -0.890. The number of benzene rings is 1. The second-order valence-corrected chi connectivity index (χ2v) is 4.74. The molecule has 0 atom stereocenters. The molecule has 1 aromatic carbocycles. The first kappa shape index (κ1) is 10.6. The lowest BCUT2D eigenvalue weighted by molar-refractivity contribution is 0.275. The molecule has 1 aromatic rings. The fourth-order valence-corrected chi connectivity index (χ4v) is 2.23. The summed E-state index contributed by atoms with van der Waals surface area (Å²) in [7, 11) is 0. The van der Waals surface area contributed by atoms with Gasteiger partial charge in [0.2, 0.25) is 0 Å². The molecule has 1 aliphatic carbocycles. The van der Waals surface area contributed by atoms with E-state index in [1.165, 1.54) is 18.4 Å². The molecule has 0 spiro atoms. The SMILES string of the molecule is CC(C)NC1CC(c2ccc(F)cc2)C1. The average Bonchev–Trinajstić information content (AvgIpc) is 2.12. The van der Waals surface area contributed by atoms with Crippen LogP contribution in [0.1, 0.15) is 38.2 Å². The molecule has 82 valence electrons. The van der Waals surface area contributed by atoms with E-state index in [0.29, 0.717) is 18.0 Å². The topological polar surface area (TPSA) is 12.0 Å². The van der Waals surface area contributed by atoms with Crippen LogP contribution in [0.5, 0.6) is 0 Å². The summed E-state index contributed by atoms with van der Waals surface area (Å²) in [5.41, 5.74) is 1.28. The third kappa shape index (κ3) is 2.57. The first-order chi connectivity index (χ1) is 7.15. The highest BCUT2D eigenvalue weighted by molar-refractivity contribution is 5.23. The Morgan fingerprint density at radius 3 is 2.33 bits per heavy atom. The smallest absolute Gasteiger partial charge is 0.123 e. The van der Waals surface area contributed by atoms with Crippen LogP contribution < -0.4 is 5.32 Å². The number of hydrogen-bond donors (Lipinski definition) is 1. The molecule has 1 fully saturated rings. The minimum Gasteiger partial charge on any atom is -0.312 e. The van der Waals surface area contributed by atoms with E-state index in [9.17, 15) is 4.39 Å². The van der Waals surface area contributed by atoms with Crippen LogP contribution in [0.15, 0.2) is 24.3 Å². The highest BCUT2D eigenvalue weighted by Crippen LogP contribution is 2.36. The highest BCUT2D eigenvalue weighted by atomic mass is 19.1. The van der Waals surface area contributed by atoms with E-state index in [4.69, 9.17) is 0 Å². The Bertz CT molecular complexity index is 312. The summed E-state index contributed by atoms with van der Waals surface area (Å²) in [6.07, 6.45) is 2.37. The van der Waals surface area contributed by atoms with Crippen molar-refractivity contribution in [3.05, 3.63) is 35.6 Å². The molecule has 1 nitrogen and oxygen atoms in total. The van der Waals surface area contributed by atoms with Gasteiger partial charge in [0.25, 0.3) is 0 Å². The molecule has 0 aromatic heterocycles. The van der Waals surface area contributed by atoms with Gasteiger partial charge in [0.15, 0.2) is 0 Å². The standard InChI is InChI=1S/C13H18FN/c1-9(2)15-13-7-11(8-13)10-3-5-12(14)6-4-10/h3-6,9,11,13,15H,7-8H2,1-2H3. The first-order valence-electron chi connectivity index (χ1n) is 5.66. The molecule has 0 aliphatic heterocycles. The number of nitrogens with one attached hydrogen (secondary N) is 1. The molecule has 2 heteroatoms. The predicted molar refractivity (Wildman–Crippen MR) is 60.4 cm³/mol. The molecule has 0 unspecified atom stereocenters. The molecule has 0 amide bonds. The van der Waals surface area contributed by atoms with Crippen LogP contribution in [0, 0.1) is 5.82 Å². The van der Waals surface area contributed by atoms with Crippen LogP contribution in [0.2, 0.25) is 0 Å². The van der Waals surface area contributed by atoms with Crippen molar-refractivity contribution in [1.29, 1.82) is 0 Å². The van der Waals surface area contributed by atoms with Gasteiger partial charge in [0.05, 0.1) is 0 Å². The van der Waals surface area contributed by atoms with Gasteiger partial charge in [-0.25, -0.2) is 4.39 Å². The molecular weight excluding hydrogens is 189 g/mol. The van der Waals surface area contributed by atoms with E-state index in [0.717, 1.165) is 0 Å². The van der Waals surface area contributed by atoms with Crippen molar-refractivity contribution in [3.63, 3.8) is 0 Å². The maximum atomic E-state index is 12.7. The lowest BCUT2D eigenvalue weighted by Crippen LogP contribution is -2.43. The van der Waals surface area contributed by atoms with Crippen LogP contribution in [0.4, 0.5) is 4.39 Å². The second-order valence-electron chi connectivity index (χ2n) is 4.74. The molecule has 0 radical (unpaired) electrons. The average molecular weight is 207 g/mol. The van der Waals surface area contributed by atoms with E-state index in [1.54, 1.807) is 12.1 Å². The monoisotopic (exact) mass is 207 g/mol. The maximum Gasteiger partial charge on any atom is 0.123 e. The molecule has 15 heavy (non-hydrogen) atoms. The van der Waals surface area contributed by atoms with Crippen LogP contribution >= 0.6 is 0 Å². The normalized spacial score (nSPS) is 25.3. The summed E-state index contributed by atoms with van der Waals surface area (Å²) in [5, 5.41) is 3.52. The maximum absolute atomic E-state index is 12.7. The molecule has 1 N–H and O–H groups in total. The van der Waals surface area contributed by atoms with Crippen molar-refractivity contribution in [1.82, 2.24) is 5.32 Å². The second kappa shape index (κ2) is 4.31. The van der Waals surface area contributed by atoms with Crippen molar-refractivity contribution in [2.24, 2.45) is 0 Å². The molecule has 1 aliphatic rings. The van der Waals surface area contributed by atoms with E-state index in [1.807, 2.05) is 12.1 Å². The number of rotatable bonds is 3. The molecule has 0 saturated heterocycles. The third-order valence-corrected chi connectivity index (χ3v) is 3.05. The summed E-state index contributed by atoms with van der Waals surface area (Å²) in [6, 6.07) is 8.14. The van der Waals surface area contributed by atoms with E-state index >= 15 is 0 Å². The summed E-state index contributed by atoms with van der Waals surface area (Å²) in [6.45, 7) is 4.34. The van der Waals surface area contributed by atoms with Crippen molar-refractivity contribution >= 4 is 0 Å². The van der Waals surface area contributed by atoms with Gasteiger partial charge in [-0.3, -0.25) is 0 Å². The van der Waals surface area contributed by atoms with E-state index < -0.39 is 0 Å². The minimum atomic E-state index is -0.144. The zero-order valence-corrected chi connectivity index (χ0v) is 9.33. The van der Waals surface area contributed by atoms with Gasteiger partial charge in [-0.2, -0.15) is 0 Å². The lowest BCUT2D eigenvalue weighted by Gasteiger charge is -2.37. The Morgan fingerprint density at radius 2 is 1.80 bits per heavy atom. The Kier molecular flexibility index (Phi) is 3.06. The van der Waals surface area contributed by atoms with Crippen LogP contribution in [-0.4, -0.2) is 12.1 Å². The Morgan fingerprint density at radius 1 is 1.20 bits per heavy atom. The van der Waals surface area contributed by atoms with Gasteiger partial charge in [-0.1, -0.05) is 26.0 Å². The fourth-order valence-electron chi connectivity index (χ4n) is 2.23. The molecule has 0 bridgehead atoms. The molecule has 2 rings (SSSR count). The predicted octanol–water partition coefficient (Wildman–Crippen LogP) is 3.07. The van der Waals surface area contributed by atoms with Gasteiger partial charge >= 0.3 is 0 Å². The number of halogens is 1. The molecular formula is C13H18FN. The largest absolute Gasteiger partial charge is 0.312 e. The minimum absolute atomic E-state index is 0.144. The quantitative estimate of drug-likeness (QED) is 0.803. The van der Waals surface area contributed by atoms with Gasteiger partial charge in [0.1, 0.15) is 5.82 Å². The van der Waals surface area contributed by atoms with Crippen molar-refractivity contribution in [3.8, 4) is 0 Å². The van der Waals surface area contributed by atoms with Crippen molar-refractivity contribution < 1.29 is 4.39 Å². The highest BCUT2D eigenvalue weighted by Gasteiger charge is 2.30. The fraction of sp³-hybridized carbons (Fsp3) is 0.538. The molecule has 0 heterocycles. The summed E-state index contributed by atoms with van der Waals surface area (Å²) < 4.78 is 12.7. The van der Waals surface area contributed by atoms with Gasteiger partial charge in [-0.15, -0.1) is 0 Å². The third-order valence-electron chi connectivity index (χ3n) is 3.05. The number of hydrogen-bond acceptors (Lipinski definition) is 1. The van der Waals surface area contributed by atoms with Gasteiger partial charge < -0.3 is 5.32 Å². The van der Waals surface area contributed by atoms with E-state index in [2.05, 4.69) is 19.2 Å². The Balaban J connectivity index is 1.86. The van der Waals surface area contributed by atoms with E-state index in [-0.39, 0.29) is 5.82 Å². The van der Waals surface area contributed by atoms with Crippen LogP contribution in [0.25, 0.3) is 0 Å². The van der Waals surface area contributed by atoms with Gasteiger partial charge in [-0.05, 0) is 36.5 Å². The first-order valence-corrected chi connectivity index (χ1v) is 5.66. The zero-order chi connectivity index (χ0) is 10.8.